The number of carbonyl (C=O) groups excluding carboxylic acids is 1. The number of aliphatic hydroxyl groups is 1. The van der Waals surface area contributed by atoms with Gasteiger partial charge in [-0.2, -0.15) is 0 Å². The second kappa shape index (κ2) is 5.07. The van der Waals surface area contributed by atoms with Gasteiger partial charge in [0.2, 0.25) is 0 Å². The summed E-state index contributed by atoms with van der Waals surface area (Å²) in [5, 5.41) is 8.70. The van der Waals surface area contributed by atoms with Gasteiger partial charge >= 0.3 is 0 Å². The predicted molar refractivity (Wildman–Crippen MR) is 72.6 cm³/mol. The van der Waals surface area contributed by atoms with Crippen LogP contribution in [0, 0.1) is 17.8 Å². The van der Waals surface area contributed by atoms with Crippen molar-refractivity contribution in [1.29, 1.82) is 0 Å². The van der Waals surface area contributed by atoms with Gasteiger partial charge in [0, 0.05) is 23.7 Å². The summed E-state index contributed by atoms with van der Waals surface area (Å²) in [6.07, 6.45) is 3.60. The molecule has 2 atom stereocenters. The Morgan fingerprint density at radius 2 is 2.32 bits per heavy atom. The van der Waals surface area contributed by atoms with Crippen LogP contribution in [0.25, 0.3) is 0 Å². The van der Waals surface area contributed by atoms with Gasteiger partial charge < -0.3 is 10.0 Å². The zero-order chi connectivity index (χ0) is 13.2. The maximum absolute atomic E-state index is 12.5. The number of carbonyl (C=O) groups is 1. The Morgan fingerprint density at radius 1 is 1.42 bits per heavy atom. The molecule has 0 spiro atoms. The third kappa shape index (κ3) is 2.36. The van der Waals surface area contributed by atoms with Gasteiger partial charge in [0.25, 0.3) is 5.91 Å². The molecule has 1 saturated heterocycles. The molecule has 1 aromatic rings. The Bertz CT molecular complexity index is 555. The Balaban J connectivity index is 1.80. The SMILES string of the molecule is O=C(c1cccc(C#CCO)c1)N1CC2CCC1C2. The molecule has 1 heterocycles. The largest absolute Gasteiger partial charge is 0.384 e. The van der Waals surface area contributed by atoms with Crippen molar-refractivity contribution in [3.05, 3.63) is 35.4 Å². The average molecular weight is 255 g/mol. The lowest BCUT2D eigenvalue weighted by atomic mass is 10.1. The molecular formula is C16H17NO2. The van der Waals surface area contributed by atoms with Crippen molar-refractivity contribution in [2.24, 2.45) is 5.92 Å². The molecule has 2 aliphatic rings. The standard InChI is InChI=1S/C16H17NO2/c18-8-2-4-12-3-1-5-14(9-12)16(19)17-11-13-6-7-15(17)10-13/h1,3,5,9,13,15,18H,6-8,10-11H2. The zero-order valence-electron chi connectivity index (χ0n) is 10.8. The number of aliphatic hydroxyl groups excluding tert-OH is 1. The van der Waals surface area contributed by atoms with E-state index in [9.17, 15) is 4.79 Å². The van der Waals surface area contributed by atoms with Crippen LogP contribution >= 0.6 is 0 Å². The lowest BCUT2D eigenvalue weighted by Crippen LogP contribution is -2.37. The van der Waals surface area contributed by atoms with E-state index in [4.69, 9.17) is 5.11 Å². The van der Waals surface area contributed by atoms with Crippen LogP contribution in [0.2, 0.25) is 0 Å². The van der Waals surface area contributed by atoms with Crippen molar-refractivity contribution in [2.75, 3.05) is 13.2 Å². The van der Waals surface area contributed by atoms with Gasteiger partial charge in [0.05, 0.1) is 0 Å². The number of hydrogen-bond donors (Lipinski definition) is 1. The summed E-state index contributed by atoms with van der Waals surface area (Å²) in [5.74, 6) is 6.29. The molecule has 1 amide bonds. The molecule has 2 unspecified atom stereocenters. The molecule has 3 nitrogen and oxygen atoms in total. The summed E-state index contributed by atoms with van der Waals surface area (Å²) >= 11 is 0. The summed E-state index contributed by atoms with van der Waals surface area (Å²) < 4.78 is 0. The van der Waals surface area contributed by atoms with Crippen molar-refractivity contribution in [3.8, 4) is 11.8 Å². The highest BCUT2D eigenvalue weighted by molar-refractivity contribution is 5.95. The molecule has 2 bridgehead atoms. The first-order valence-electron chi connectivity index (χ1n) is 6.78. The van der Waals surface area contributed by atoms with E-state index in [1.807, 2.05) is 29.2 Å². The van der Waals surface area contributed by atoms with Crippen LogP contribution < -0.4 is 0 Å². The fourth-order valence-electron chi connectivity index (χ4n) is 3.21. The van der Waals surface area contributed by atoms with Gasteiger partial charge in [-0.15, -0.1) is 0 Å². The Morgan fingerprint density at radius 3 is 3.00 bits per heavy atom. The summed E-state index contributed by atoms with van der Waals surface area (Å²) in [4.78, 5) is 14.5. The van der Waals surface area contributed by atoms with Crippen molar-refractivity contribution in [1.82, 2.24) is 4.90 Å². The van der Waals surface area contributed by atoms with Crippen LogP contribution in [-0.4, -0.2) is 35.1 Å². The lowest BCUT2D eigenvalue weighted by Gasteiger charge is -2.27. The van der Waals surface area contributed by atoms with Gasteiger partial charge in [-0.1, -0.05) is 17.9 Å². The highest BCUT2D eigenvalue weighted by atomic mass is 16.2. The van der Waals surface area contributed by atoms with Gasteiger partial charge in [0.1, 0.15) is 6.61 Å². The van der Waals surface area contributed by atoms with Crippen LogP contribution in [0.4, 0.5) is 0 Å². The molecular weight excluding hydrogens is 238 g/mol. The van der Waals surface area contributed by atoms with E-state index in [0.29, 0.717) is 17.5 Å². The van der Waals surface area contributed by atoms with E-state index < -0.39 is 0 Å². The van der Waals surface area contributed by atoms with Crippen LogP contribution in [0.1, 0.15) is 35.2 Å². The maximum atomic E-state index is 12.5. The van der Waals surface area contributed by atoms with E-state index >= 15 is 0 Å². The second-order valence-corrected chi connectivity index (χ2v) is 5.33. The van der Waals surface area contributed by atoms with Crippen molar-refractivity contribution in [2.45, 2.75) is 25.3 Å². The Kier molecular flexibility index (Phi) is 3.27. The molecule has 1 aliphatic carbocycles. The quantitative estimate of drug-likeness (QED) is 0.775. The van der Waals surface area contributed by atoms with Gasteiger partial charge in [0.15, 0.2) is 0 Å². The van der Waals surface area contributed by atoms with Crippen LogP contribution in [0.3, 0.4) is 0 Å². The van der Waals surface area contributed by atoms with Gasteiger partial charge in [-0.3, -0.25) is 4.79 Å². The molecule has 1 N–H and O–H groups in total. The monoisotopic (exact) mass is 255 g/mol. The van der Waals surface area contributed by atoms with Gasteiger partial charge in [-0.05, 0) is 43.4 Å². The third-order valence-electron chi connectivity index (χ3n) is 4.09. The lowest BCUT2D eigenvalue weighted by molar-refractivity contribution is 0.0703. The maximum Gasteiger partial charge on any atom is 0.254 e. The number of likely N-dealkylation sites (tertiary alicyclic amines) is 1. The van der Waals surface area contributed by atoms with E-state index in [0.717, 1.165) is 18.5 Å². The van der Waals surface area contributed by atoms with Crippen molar-refractivity contribution in [3.63, 3.8) is 0 Å². The van der Waals surface area contributed by atoms with Crippen LogP contribution in [0.5, 0.6) is 0 Å². The highest BCUT2D eigenvalue weighted by Gasteiger charge is 2.40. The fourth-order valence-corrected chi connectivity index (χ4v) is 3.21. The molecule has 98 valence electrons. The fraction of sp³-hybridized carbons (Fsp3) is 0.438. The first-order valence-corrected chi connectivity index (χ1v) is 6.78. The Hall–Kier alpha value is -1.79. The first kappa shape index (κ1) is 12.3. The first-order chi connectivity index (χ1) is 9.28. The number of piperidine rings is 1. The number of hydrogen-bond acceptors (Lipinski definition) is 2. The average Bonchev–Trinajstić information content (AvgIpc) is 3.07. The topological polar surface area (TPSA) is 40.5 Å². The minimum Gasteiger partial charge on any atom is -0.384 e. The predicted octanol–water partition coefficient (Wildman–Crippen LogP) is 1.65. The highest BCUT2D eigenvalue weighted by Crippen LogP contribution is 2.38. The summed E-state index contributed by atoms with van der Waals surface area (Å²) in [6.45, 7) is 0.754. The third-order valence-corrected chi connectivity index (χ3v) is 4.09. The minimum atomic E-state index is -0.159. The molecule has 3 heteroatoms. The van der Waals surface area contributed by atoms with E-state index in [-0.39, 0.29) is 12.5 Å². The molecule has 3 rings (SSSR count). The number of amides is 1. The minimum absolute atomic E-state index is 0.125. The second-order valence-electron chi connectivity index (χ2n) is 5.33. The molecule has 19 heavy (non-hydrogen) atoms. The summed E-state index contributed by atoms with van der Waals surface area (Å²) in [5.41, 5.74) is 1.49. The zero-order valence-corrected chi connectivity index (χ0v) is 10.8. The molecule has 0 aromatic heterocycles. The van der Waals surface area contributed by atoms with Crippen LogP contribution in [0.15, 0.2) is 24.3 Å². The van der Waals surface area contributed by atoms with Crippen LogP contribution in [-0.2, 0) is 0 Å². The van der Waals surface area contributed by atoms with E-state index in [2.05, 4.69) is 11.8 Å². The number of fused-ring (bicyclic) bond motifs is 2. The Labute approximate surface area is 113 Å². The molecule has 0 radical (unpaired) electrons. The summed E-state index contributed by atoms with van der Waals surface area (Å²) in [7, 11) is 0. The van der Waals surface area contributed by atoms with E-state index in [1.54, 1.807) is 0 Å². The number of rotatable bonds is 1. The number of nitrogens with zero attached hydrogens (tertiary/aromatic N) is 1. The van der Waals surface area contributed by atoms with Crippen molar-refractivity contribution < 1.29 is 9.90 Å². The normalized spacial score (nSPS) is 24.2. The summed E-state index contributed by atoms with van der Waals surface area (Å²) in [6, 6.07) is 7.82. The van der Waals surface area contributed by atoms with E-state index in [1.165, 1.54) is 12.8 Å². The van der Waals surface area contributed by atoms with Crippen molar-refractivity contribution >= 4 is 5.91 Å². The molecule has 1 saturated carbocycles. The van der Waals surface area contributed by atoms with Gasteiger partial charge in [-0.25, -0.2) is 0 Å². The molecule has 2 fully saturated rings. The smallest absolute Gasteiger partial charge is 0.254 e. The molecule has 1 aliphatic heterocycles. The number of benzene rings is 1. The molecule has 1 aromatic carbocycles.